The lowest BCUT2D eigenvalue weighted by Crippen LogP contribution is -2.44. The third kappa shape index (κ3) is 3.41. The van der Waals surface area contributed by atoms with Gasteiger partial charge in [-0.05, 0) is 65.3 Å². The van der Waals surface area contributed by atoms with Crippen molar-refractivity contribution in [1.82, 2.24) is 0 Å². The molecule has 25 heavy (non-hydrogen) atoms. The number of hydrogen-bond acceptors (Lipinski definition) is 0. The van der Waals surface area contributed by atoms with Gasteiger partial charge in [0.25, 0.3) is 0 Å². The van der Waals surface area contributed by atoms with Gasteiger partial charge in [-0.15, -0.1) is 0 Å². The Balaban J connectivity index is 1.83. The summed E-state index contributed by atoms with van der Waals surface area (Å²) >= 11 is 0. The predicted octanol–water partition coefficient (Wildman–Crippen LogP) is 8.01. The first-order valence-corrected chi connectivity index (χ1v) is 15.0. The van der Waals surface area contributed by atoms with Crippen molar-refractivity contribution in [1.29, 1.82) is 0 Å². The lowest BCUT2D eigenvalue weighted by atomic mass is 9.77. The first-order valence-electron chi connectivity index (χ1n) is 11.8. The molecule has 3 saturated carbocycles. The van der Waals surface area contributed by atoms with Gasteiger partial charge in [0.2, 0.25) is 0 Å². The van der Waals surface area contributed by atoms with Crippen molar-refractivity contribution in [3.8, 4) is 0 Å². The molecule has 0 bridgehead atoms. The van der Waals surface area contributed by atoms with E-state index >= 15 is 0 Å². The van der Waals surface area contributed by atoms with E-state index in [9.17, 15) is 0 Å². The highest BCUT2D eigenvalue weighted by atomic mass is 28.3. The summed E-state index contributed by atoms with van der Waals surface area (Å²) in [5.41, 5.74) is 2.20. The number of hydrogen-bond donors (Lipinski definition) is 0. The van der Waals surface area contributed by atoms with Gasteiger partial charge < -0.3 is 0 Å². The molecule has 0 saturated heterocycles. The van der Waals surface area contributed by atoms with Crippen LogP contribution in [0.1, 0.15) is 86.0 Å². The molecule has 0 N–H and O–H groups in total. The summed E-state index contributed by atoms with van der Waals surface area (Å²) in [6, 6.07) is 0. The van der Waals surface area contributed by atoms with Crippen LogP contribution in [0, 0.1) is 41.4 Å². The van der Waals surface area contributed by atoms with E-state index in [-0.39, 0.29) is 0 Å². The second-order valence-electron chi connectivity index (χ2n) is 11.1. The van der Waals surface area contributed by atoms with Gasteiger partial charge in [0, 0.05) is 0 Å². The number of rotatable bonds is 5. The molecule has 8 atom stereocenters. The second kappa shape index (κ2) is 7.68. The first kappa shape index (κ1) is 20.0. The maximum absolute atomic E-state index is 2.83. The van der Waals surface area contributed by atoms with Crippen LogP contribution in [0.2, 0.25) is 24.2 Å². The molecule has 0 aromatic heterocycles. The Morgan fingerprint density at radius 1 is 0.800 bits per heavy atom. The zero-order chi connectivity index (χ0) is 18.4. The fourth-order valence-electron chi connectivity index (χ4n) is 8.30. The molecule has 3 aliphatic carbocycles. The average Bonchev–Trinajstić information content (AvgIpc) is 3.06. The highest BCUT2D eigenvalue weighted by molar-refractivity contribution is 6.80. The lowest BCUT2D eigenvalue weighted by molar-refractivity contribution is 0.217. The van der Waals surface area contributed by atoms with Crippen molar-refractivity contribution in [2.45, 2.75) is 110 Å². The Bertz CT molecular complexity index is 427. The Labute approximate surface area is 159 Å². The number of fused-ring (bicyclic) bond motifs is 1. The van der Waals surface area contributed by atoms with Gasteiger partial charge in [-0.2, -0.15) is 0 Å². The third-order valence-electron chi connectivity index (χ3n) is 9.92. The van der Waals surface area contributed by atoms with Gasteiger partial charge in [-0.1, -0.05) is 86.2 Å². The number of unbranched alkanes of at least 4 members (excludes halogenated alkanes) is 1. The minimum Gasteiger partial charge on any atom is -0.0689 e. The van der Waals surface area contributed by atoms with Crippen LogP contribution in [-0.4, -0.2) is 8.07 Å². The lowest BCUT2D eigenvalue weighted by Gasteiger charge is -2.45. The molecule has 0 radical (unpaired) electrons. The van der Waals surface area contributed by atoms with E-state index in [1.807, 2.05) is 0 Å². The van der Waals surface area contributed by atoms with E-state index < -0.39 is 8.07 Å². The quantitative estimate of drug-likeness (QED) is 0.434. The maximum atomic E-state index is 2.83. The zero-order valence-electron chi connectivity index (χ0n) is 18.4. The van der Waals surface area contributed by atoms with E-state index in [1.165, 1.54) is 25.7 Å². The van der Waals surface area contributed by atoms with Gasteiger partial charge >= 0.3 is 0 Å². The molecule has 0 aromatic rings. The van der Waals surface area contributed by atoms with Gasteiger partial charge in [0.15, 0.2) is 0 Å². The maximum Gasteiger partial charge on any atom is 0.0544 e. The van der Waals surface area contributed by atoms with Crippen LogP contribution in [-0.2, 0) is 0 Å². The van der Waals surface area contributed by atoms with Crippen molar-refractivity contribution in [2.24, 2.45) is 41.4 Å². The predicted molar refractivity (Wildman–Crippen MR) is 115 cm³/mol. The fraction of sp³-hybridized carbons (Fsp3) is 1.00. The molecule has 3 fully saturated rings. The molecule has 8 unspecified atom stereocenters. The molecule has 0 aromatic carbocycles. The minimum absolute atomic E-state index is 0.936. The fourth-order valence-corrected chi connectivity index (χ4v) is 14.5. The molecule has 0 nitrogen and oxygen atoms in total. The summed E-state index contributed by atoms with van der Waals surface area (Å²) in [6.45, 7) is 18.4. The van der Waals surface area contributed by atoms with Crippen molar-refractivity contribution < 1.29 is 0 Å². The van der Waals surface area contributed by atoms with Crippen LogP contribution < -0.4 is 0 Å². The summed E-state index contributed by atoms with van der Waals surface area (Å²) in [7, 11) is -1.24. The van der Waals surface area contributed by atoms with Crippen molar-refractivity contribution in [3.63, 3.8) is 0 Å². The Kier molecular flexibility index (Phi) is 6.14. The molecular weight excluding hydrogens is 316 g/mol. The SMILES string of the molecule is CCCCC1CC([Si](C)(C)C2C(C)C(C)C(C)C2C)C2CCCCC12. The van der Waals surface area contributed by atoms with E-state index in [0.717, 1.165) is 52.5 Å². The minimum atomic E-state index is -1.24. The molecular formula is C24H46Si. The van der Waals surface area contributed by atoms with Gasteiger partial charge in [0.1, 0.15) is 0 Å². The van der Waals surface area contributed by atoms with Crippen molar-refractivity contribution >= 4 is 8.07 Å². The van der Waals surface area contributed by atoms with Crippen LogP contribution in [0.3, 0.4) is 0 Å². The smallest absolute Gasteiger partial charge is 0.0544 e. The third-order valence-corrected chi connectivity index (χ3v) is 15.3. The standard InChI is InChI=1S/C24H46Si/c1-8-9-12-20-15-23(22-14-11-10-13-21(20)22)25(6,7)24-18(4)16(2)17(3)19(24)5/h16-24H,8-15H2,1-7H3. The van der Waals surface area contributed by atoms with Crippen molar-refractivity contribution in [2.75, 3.05) is 0 Å². The molecule has 0 amide bonds. The van der Waals surface area contributed by atoms with Crippen LogP contribution in [0.4, 0.5) is 0 Å². The Morgan fingerprint density at radius 2 is 1.36 bits per heavy atom. The molecule has 3 rings (SSSR count). The molecule has 0 spiro atoms. The van der Waals surface area contributed by atoms with Gasteiger partial charge in [-0.25, -0.2) is 0 Å². The van der Waals surface area contributed by atoms with E-state index in [2.05, 4.69) is 47.7 Å². The highest BCUT2D eigenvalue weighted by Gasteiger charge is 2.57. The second-order valence-corrected chi connectivity index (χ2v) is 16.2. The van der Waals surface area contributed by atoms with E-state index in [1.54, 1.807) is 25.7 Å². The Morgan fingerprint density at radius 3 is 1.92 bits per heavy atom. The van der Waals surface area contributed by atoms with Crippen molar-refractivity contribution in [3.05, 3.63) is 0 Å². The van der Waals surface area contributed by atoms with Crippen LogP contribution >= 0.6 is 0 Å². The van der Waals surface area contributed by atoms with Crippen LogP contribution in [0.25, 0.3) is 0 Å². The molecule has 146 valence electrons. The normalized spacial score (nSPS) is 47.9. The largest absolute Gasteiger partial charge is 0.0689 e. The average molecular weight is 363 g/mol. The summed E-state index contributed by atoms with van der Waals surface area (Å²) < 4.78 is 0. The molecule has 0 aliphatic heterocycles. The monoisotopic (exact) mass is 362 g/mol. The summed E-state index contributed by atoms with van der Waals surface area (Å²) in [4.78, 5) is 0. The molecule has 3 aliphatic rings. The van der Waals surface area contributed by atoms with E-state index in [0.29, 0.717) is 0 Å². The van der Waals surface area contributed by atoms with Crippen LogP contribution in [0.5, 0.6) is 0 Å². The highest BCUT2D eigenvalue weighted by Crippen LogP contribution is 2.63. The van der Waals surface area contributed by atoms with Gasteiger partial charge in [-0.3, -0.25) is 0 Å². The van der Waals surface area contributed by atoms with Gasteiger partial charge in [0.05, 0.1) is 8.07 Å². The molecule has 0 heterocycles. The first-order chi connectivity index (χ1) is 11.8. The topological polar surface area (TPSA) is 0 Å². The Hall–Kier alpha value is 0.217. The summed E-state index contributed by atoms with van der Waals surface area (Å²) in [5, 5.41) is 0. The zero-order valence-corrected chi connectivity index (χ0v) is 19.4. The molecule has 1 heteroatoms. The summed E-state index contributed by atoms with van der Waals surface area (Å²) in [5.74, 6) is 7.11. The summed E-state index contributed by atoms with van der Waals surface area (Å²) in [6.07, 6.45) is 12.2. The van der Waals surface area contributed by atoms with E-state index in [4.69, 9.17) is 0 Å². The van der Waals surface area contributed by atoms with Crippen LogP contribution in [0.15, 0.2) is 0 Å².